The molecule has 2 aromatic rings. The van der Waals surface area contributed by atoms with E-state index in [2.05, 4.69) is 0 Å². The number of nitrogens with two attached hydrogens (primary N) is 1. The Morgan fingerprint density at radius 3 is 2.72 bits per heavy atom. The van der Waals surface area contributed by atoms with Gasteiger partial charge in [-0.1, -0.05) is 18.2 Å². The minimum absolute atomic E-state index is 0.430. The molecule has 1 heterocycles. The summed E-state index contributed by atoms with van der Waals surface area (Å²) in [6.07, 6.45) is 3.30. The highest BCUT2D eigenvalue weighted by atomic mass is 16.4. The molecule has 1 aliphatic rings. The molecular weight excluding hydrogens is 228 g/mol. The Kier molecular flexibility index (Phi) is 2.25. The first-order chi connectivity index (χ1) is 8.56. The van der Waals surface area contributed by atoms with Gasteiger partial charge in [0.1, 0.15) is 0 Å². The second-order valence-electron chi connectivity index (χ2n) is 5.15. The molecule has 1 unspecified atom stereocenters. The number of aryl methyl sites for hydroxylation is 1. The molecule has 0 radical (unpaired) electrons. The first kappa shape index (κ1) is 11.3. The molecule has 0 saturated heterocycles. The van der Waals surface area contributed by atoms with Crippen molar-refractivity contribution >= 4 is 16.9 Å². The van der Waals surface area contributed by atoms with Crippen LogP contribution in [0.5, 0.6) is 0 Å². The number of rotatable bonds is 3. The smallest absolute Gasteiger partial charge is 0.311 e. The standard InChI is InChI=1S/C14H16N2O2/c1-16-8-10(9-4-2-3-5-11(9)16)12(15)14(6-7-14)13(17)18/h2-5,8,12H,6-7,15H2,1H3,(H,17,18). The van der Waals surface area contributed by atoms with Gasteiger partial charge in [0, 0.05) is 30.2 Å². The summed E-state index contributed by atoms with van der Waals surface area (Å²) in [5, 5.41) is 10.4. The van der Waals surface area contributed by atoms with Crippen LogP contribution in [-0.2, 0) is 11.8 Å². The van der Waals surface area contributed by atoms with Crippen molar-refractivity contribution in [3.8, 4) is 0 Å². The third kappa shape index (κ3) is 1.39. The van der Waals surface area contributed by atoms with Crippen LogP contribution in [0.15, 0.2) is 30.5 Å². The fourth-order valence-electron chi connectivity index (χ4n) is 2.71. The number of para-hydroxylation sites is 1. The number of hydrogen-bond donors (Lipinski definition) is 2. The zero-order valence-corrected chi connectivity index (χ0v) is 10.3. The van der Waals surface area contributed by atoms with Crippen LogP contribution in [0.25, 0.3) is 10.9 Å². The Morgan fingerprint density at radius 2 is 2.11 bits per heavy atom. The number of aliphatic carboxylic acids is 1. The van der Waals surface area contributed by atoms with E-state index in [0.717, 1.165) is 16.5 Å². The predicted octanol–water partition coefficient (Wildman–Crippen LogP) is 2.04. The fourth-order valence-corrected chi connectivity index (χ4v) is 2.71. The third-order valence-corrected chi connectivity index (χ3v) is 4.07. The molecule has 0 aliphatic heterocycles. The summed E-state index contributed by atoms with van der Waals surface area (Å²) in [7, 11) is 1.96. The number of carboxylic acid groups (broad SMARTS) is 1. The average molecular weight is 244 g/mol. The molecule has 18 heavy (non-hydrogen) atoms. The molecule has 4 heteroatoms. The van der Waals surface area contributed by atoms with E-state index in [1.807, 2.05) is 42.1 Å². The van der Waals surface area contributed by atoms with Gasteiger partial charge in [-0.2, -0.15) is 0 Å². The van der Waals surface area contributed by atoms with Crippen molar-refractivity contribution in [2.45, 2.75) is 18.9 Å². The highest BCUT2D eigenvalue weighted by molar-refractivity contribution is 5.87. The van der Waals surface area contributed by atoms with Gasteiger partial charge in [-0.05, 0) is 24.5 Å². The van der Waals surface area contributed by atoms with Crippen LogP contribution in [0.3, 0.4) is 0 Å². The quantitative estimate of drug-likeness (QED) is 0.868. The zero-order valence-electron chi connectivity index (χ0n) is 10.3. The third-order valence-electron chi connectivity index (χ3n) is 4.07. The Balaban J connectivity index is 2.13. The van der Waals surface area contributed by atoms with E-state index in [4.69, 9.17) is 5.73 Å². The van der Waals surface area contributed by atoms with Crippen molar-refractivity contribution in [3.63, 3.8) is 0 Å². The van der Waals surface area contributed by atoms with Gasteiger partial charge in [0.05, 0.1) is 5.41 Å². The highest BCUT2D eigenvalue weighted by Gasteiger charge is 2.55. The van der Waals surface area contributed by atoms with Crippen LogP contribution in [0.1, 0.15) is 24.4 Å². The maximum atomic E-state index is 11.4. The van der Waals surface area contributed by atoms with E-state index in [0.29, 0.717) is 12.8 Å². The second kappa shape index (κ2) is 3.59. The number of carbonyl (C=O) groups is 1. The summed E-state index contributed by atoms with van der Waals surface area (Å²) >= 11 is 0. The summed E-state index contributed by atoms with van der Waals surface area (Å²) in [6.45, 7) is 0. The summed E-state index contributed by atoms with van der Waals surface area (Å²) in [5.41, 5.74) is 7.50. The predicted molar refractivity (Wildman–Crippen MR) is 69.2 cm³/mol. The van der Waals surface area contributed by atoms with Crippen LogP contribution < -0.4 is 5.73 Å². The molecule has 1 atom stereocenters. The molecule has 0 bridgehead atoms. The van der Waals surface area contributed by atoms with Gasteiger partial charge >= 0.3 is 5.97 Å². The van der Waals surface area contributed by atoms with Crippen molar-refractivity contribution < 1.29 is 9.90 Å². The van der Waals surface area contributed by atoms with Crippen molar-refractivity contribution in [1.82, 2.24) is 4.57 Å². The van der Waals surface area contributed by atoms with Crippen molar-refractivity contribution in [2.24, 2.45) is 18.2 Å². The van der Waals surface area contributed by atoms with E-state index in [9.17, 15) is 9.90 Å². The lowest BCUT2D eigenvalue weighted by atomic mass is 9.91. The topological polar surface area (TPSA) is 68.2 Å². The molecule has 0 spiro atoms. The maximum absolute atomic E-state index is 11.4. The van der Waals surface area contributed by atoms with Gasteiger partial charge in [0.25, 0.3) is 0 Å². The molecule has 94 valence electrons. The first-order valence-electron chi connectivity index (χ1n) is 6.09. The zero-order chi connectivity index (χ0) is 12.9. The van der Waals surface area contributed by atoms with Crippen LogP contribution in [0, 0.1) is 5.41 Å². The lowest BCUT2D eigenvalue weighted by Gasteiger charge is -2.18. The first-order valence-corrected chi connectivity index (χ1v) is 6.09. The molecule has 3 rings (SSSR count). The summed E-state index contributed by atoms with van der Waals surface area (Å²) in [4.78, 5) is 11.4. The van der Waals surface area contributed by atoms with Crippen molar-refractivity contribution in [1.29, 1.82) is 0 Å². The Labute approximate surface area is 105 Å². The Bertz CT molecular complexity index is 626. The monoisotopic (exact) mass is 244 g/mol. The Hall–Kier alpha value is -1.81. The number of aromatic nitrogens is 1. The van der Waals surface area contributed by atoms with E-state index < -0.39 is 17.4 Å². The second-order valence-corrected chi connectivity index (χ2v) is 5.15. The summed E-state index contributed by atoms with van der Waals surface area (Å²) in [6, 6.07) is 7.52. The van der Waals surface area contributed by atoms with Crippen molar-refractivity contribution in [3.05, 3.63) is 36.0 Å². The van der Waals surface area contributed by atoms with Gasteiger partial charge in [0.15, 0.2) is 0 Å². The Morgan fingerprint density at radius 1 is 1.44 bits per heavy atom. The van der Waals surface area contributed by atoms with E-state index >= 15 is 0 Å². The van der Waals surface area contributed by atoms with E-state index in [1.165, 1.54) is 0 Å². The molecule has 3 N–H and O–H groups in total. The fraction of sp³-hybridized carbons (Fsp3) is 0.357. The highest BCUT2D eigenvalue weighted by Crippen LogP contribution is 2.54. The minimum atomic E-state index is -0.775. The molecule has 1 aromatic heterocycles. The van der Waals surface area contributed by atoms with Gasteiger partial charge < -0.3 is 15.4 Å². The average Bonchev–Trinajstić information content (AvgIpc) is 3.11. The number of nitrogens with zero attached hydrogens (tertiary/aromatic N) is 1. The van der Waals surface area contributed by atoms with Crippen LogP contribution in [-0.4, -0.2) is 15.6 Å². The van der Waals surface area contributed by atoms with Gasteiger partial charge in [-0.15, -0.1) is 0 Å². The maximum Gasteiger partial charge on any atom is 0.311 e. The van der Waals surface area contributed by atoms with Gasteiger partial charge in [-0.25, -0.2) is 0 Å². The molecule has 1 saturated carbocycles. The van der Waals surface area contributed by atoms with Crippen LogP contribution in [0.4, 0.5) is 0 Å². The molecular formula is C14H16N2O2. The van der Waals surface area contributed by atoms with Crippen LogP contribution >= 0.6 is 0 Å². The van der Waals surface area contributed by atoms with Crippen molar-refractivity contribution in [2.75, 3.05) is 0 Å². The molecule has 1 fully saturated rings. The number of fused-ring (bicyclic) bond motifs is 1. The SMILES string of the molecule is Cn1cc(C(N)C2(C(=O)O)CC2)c2ccccc21. The normalized spacial score (nSPS) is 18.8. The molecule has 1 aliphatic carbocycles. The van der Waals surface area contributed by atoms with E-state index in [-0.39, 0.29) is 0 Å². The number of hydrogen-bond acceptors (Lipinski definition) is 2. The minimum Gasteiger partial charge on any atom is -0.481 e. The number of benzene rings is 1. The molecule has 1 aromatic carbocycles. The molecule has 4 nitrogen and oxygen atoms in total. The lowest BCUT2D eigenvalue weighted by molar-refractivity contribution is -0.144. The van der Waals surface area contributed by atoms with E-state index in [1.54, 1.807) is 0 Å². The van der Waals surface area contributed by atoms with Gasteiger partial charge in [0.2, 0.25) is 0 Å². The summed E-state index contributed by atoms with van der Waals surface area (Å²) in [5.74, 6) is -0.775. The number of carboxylic acids is 1. The summed E-state index contributed by atoms with van der Waals surface area (Å²) < 4.78 is 2.00. The van der Waals surface area contributed by atoms with Crippen LogP contribution in [0.2, 0.25) is 0 Å². The largest absolute Gasteiger partial charge is 0.481 e. The lowest BCUT2D eigenvalue weighted by Crippen LogP contribution is -2.29. The van der Waals surface area contributed by atoms with Gasteiger partial charge in [-0.3, -0.25) is 4.79 Å². The molecule has 0 amide bonds.